The summed E-state index contributed by atoms with van der Waals surface area (Å²) >= 11 is 5.92. The standard InChI is InChI=1S/C10H13ClN2/c1-6-4-9(12)8(11)5-10(6)13-7-2-3-7/h4-5,7,13H,2-3,12H2,1H3. The highest BCUT2D eigenvalue weighted by molar-refractivity contribution is 6.33. The zero-order valence-corrected chi connectivity index (χ0v) is 8.36. The smallest absolute Gasteiger partial charge is 0.0656 e. The molecule has 0 spiro atoms. The van der Waals surface area contributed by atoms with Crippen LogP contribution in [0.5, 0.6) is 0 Å². The van der Waals surface area contributed by atoms with Crippen LogP contribution in [0.4, 0.5) is 11.4 Å². The average Bonchev–Trinajstić information content (AvgIpc) is 2.84. The van der Waals surface area contributed by atoms with Crippen LogP contribution in [0, 0.1) is 6.92 Å². The van der Waals surface area contributed by atoms with Gasteiger partial charge in [0.05, 0.1) is 10.7 Å². The van der Waals surface area contributed by atoms with Crippen LogP contribution in [0.2, 0.25) is 5.02 Å². The Balaban J connectivity index is 2.27. The van der Waals surface area contributed by atoms with E-state index in [2.05, 4.69) is 5.32 Å². The number of nitrogens with two attached hydrogens (primary N) is 1. The van der Waals surface area contributed by atoms with Crippen molar-refractivity contribution in [3.05, 3.63) is 22.7 Å². The van der Waals surface area contributed by atoms with E-state index in [1.807, 2.05) is 19.1 Å². The van der Waals surface area contributed by atoms with E-state index in [0.717, 1.165) is 11.3 Å². The first-order valence-corrected chi connectivity index (χ1v) is 4.87. The molecule has 3 heteroatoms. The molecule has 1 aliphatic rings. The number of anilines is 2. The van der Waals surface area contributed by atoms with Crippen molar-refractivity contribution in [2.75, 3.05) is 11.1 Å². The molecule has 0 atom stereocenters. The molecule has 1 saturated carbocycles. The number of hydrogen-bond donors (Lipinski definition) is 2. The lowest BCUT2D eigenvalue weighted by Gasteiger charge is -2.10. The van der Waals surface area contributed by atoms with Gasteiger partial charge in [-0.25, -0.2) is 0 Å². The third kappa shape index (κ3) is 1.89. The molecule has 0 radical (unpaired) electrons. The van der Waals surface area contributed by atoms with E-state index in [0.29, 0.717) is 16.8 Å². The summed E-state index contributed by atoms with van der Waals surface area (Å²) in [7, 11) is 0. The Hall–Kier alpha value is -0.890. The predicted molar refractivity (Wildman–Crippen MR) is 57.2 cm³/mol. The average molecular weight is 197 g/mol. The summed E-state index contributed by atoms with van der Waals surface area (Å²) in [6.07, 6.45) is 2.53. The Morgan fingerprint density at radius 2 is 2.15 bits per heavy atom. The number of aryl methyl sites for hydroxylation is 1. The van der Waals surface area contributed by atoms with Gasteiger partial charge in [0.15, 0.2) is 0 Å². The first-order valence-electron chi connectivity index (χ1n) is 4.49. The summed E-state index contributed by atoms with van der Waals surface area (Å²) in [5, 5.41) is 4.05. The Bertz CT molecular complexity index is 332. The van der Waals surface area contributed by atoms with Crippen molar-refractivity contribution in [3.63, 3.8) is 0 Å². The topological polar surface area (TPSA) is 38.0 Å². The molecular weight excluding hydrogens is 184 g/mol. The maximum Gasteiger partial charge on any atom is 0.0656 e. The van der Waals surface area contributed by atoms with E-state index < -0.39 is 0 Å². The molecule has 2 nitrogen and oxygen atoms in total. The fourth-order valence-corrected chi connectivity index (χ4v) is 1.47. The third-order valence-electron chi connectivity index (χ3n) is 2.28. The molecule has 1 aromatic rings. The van der Waals surface area contributed by atoms with Gasteiger partial charge in [0, 0.05) is 11.7 Å². The number of nitrogen functional groups attached to an aromatic ring is 1. The lowest BCUT2D eigenvalue weighted by Crippen LogP contribution is -2.03. The van der Waals surface area contributed by atoms with E-state index in [-0.39, 0.29) is 0 Å². The lowest BCUT2D eigenvalue weighted by molar-refractivity contribution is 1.15. The second-order valence-electron chi connectivity index (χ2n) is 3.61. The summed E-state index contributed by atoms with van der Waals surface area (Å²) in [6.45, 7) is 2.04. The van der Waals surface area contributed by atoms with Crippen LogP contribution in [0.15, 0.2) is 12.1 Å². The van der Waals surface area contributed by atoms with Gasteiger partial charge in [-0.05, 0) is 37.5 Å². The van der Waals surface area contributed by atoms with Gasteiger partial charge in [-0.15, -0.1) is 0 Å². The number of rotatable bonds is 2. The zero-order chi connectivity index (χ0) is 9.42. The van der Waals surface area contributed by atoms with Gasteiger partial charge in [-0.1, -0.05) is 11.6 Å². The third-order valence-corrected chi connectivity index (χ3v) is 2.61. The summed E-state index contributed by atoms with van der Waals surface area (Å²) < 4.78 is 0. The molecular formula is C10H13ClN2. The molecule has 13 heavy (non-hydrogen) atoms. The predicted octanol–water partition coefficient (Wildman–Crippen LogP) is 2.80. The van der Waals surface area contributed by atoms with Crippen molar-refractivity contribution in [3.8, 4) is 0 Å². The molecule has 0 aromatic heterocycles. The van der Waals surface area contributed by atoms with Gasteiger partial charge in [0.1, 0.15) is 0 Å². The highest BCUT2D eigenvalue weighted by Crippen LogP contribution is 2.31. The van der Waals surface area contributed by atoms with Crippen LogP contribution in [0.1, 0.15) is 18.4 Å². The monoisotopic (exact) mass is 196 g/mol. The van der Waals surface area contributed by atoms with Crippen molar-refractivity contribution >= 4 is 23.0 Å². The van der Waals surface area contributed by atoms with E-state index in [4.69, 9.17) is 17.3 Å². The number of nitrogens with one attached hydrogen (secondary N) is 1. The Morgan fingerprint density at radius 1 is 1.46 bits per heavy atom. The van der Waals surface area contributed by atoms with Crippen LogP contribution in [0.3, 0.4) is 0 Å². The molecule has 0 bridgehead atoms. The molecule has 3 N–H and O–H groups in total. The largest absolute Gasteiger partial charge is 0.398 e. The normalized spacial score (nSPS) is 15.8. The van der Waals surface area contributed by atoms with Crippen LogP contribution in [-0.2, 0) is 0 Å². The second-order valence-corrected chi connectivity index (χ2v) is 4.01. The number of halogens is 1. The highest BCUT2D eigenvalue weighted by atomic mass is 35.5. The first-order chi connectivity index (χ1) is 6.16. The van der Waals surface area contributed by atoms with Crippen molar-refractivity contribution in [1.82, 2.24) is 0 Å². The van der Waals surface area contributed by atoms with E-state index in [1.54, 1.807) is 0 Å². The van der Waals surface area contributed by atoms with E-state index in [1.165, 1.54) is 12.8 Å². The maximum atomic E-state index is 5.92. The van der Waals surface area contributed by atoms with Crippen molar-refractivity contribution in [2.24, 2.45) is 0 Å². The van der Waals surface area contributed by atoms with E-state index in [9.17, 15) is 0 Å². The van der Waals surface area contributed by atoms with Gasteiger partial charge in [0.2, 0.25) is 0 Å². The molecule has 1 fully saturated rings. The molecule has 1 aromatic carbocycles. The minimum absolute atomic E-state index is 0.633. The molecule has 0 aliphatic heterocycles. The molecule has 0 amide bonds. The first kappa shape index (κ1) is 8.70. The summed E-state index contributed by atoms with van der Waals surface area (Å²) in [5.41, 5.74) is 8.60. The van der Waals surface area contributed by atoms with Crippen molar-refractivity contribution in [1.29, 1.82) is 0 Å². The maximum absolute atomic E-state index is 5.92. The Morgan fingerprint density at radius 3 is 2.77 bits per heavy atom. The van der Waals surface area contributed by atoms with Crippen LogP contribution < -0.4 is 11.1 Å². The quantitative estimate of drug-likeness (QED) is 0.714. The van der Waals surface area contributed by atoms with Gasteiger partial charge in [-0.2, -0.15) is 0 Å². The van der Waals surface area contributed by atoms with Gasteiger partial charge >= 0.3 is 0 Å². The molecule has 70 valence electrons. The highest BCUT2D eigenvalue weighted by Gasteiger charge is 2.21. The van der Waals surface area contributed by atoms with E-state index >= 15 is 0 Å². The number of benzene rings is 1. The molecule has 2 rings (SSSR count). The molecule has 1 aliphatic carbocycles. The fourth-order valence-electron chi connectivity index (χ4n) is 1.31. The minimum Gasteiger partial charge on any atom is -0.398 e. The molecule has 0 saturated heterocycles. The van der Waals surface area contributed by atoms with Crippen LogP contribution in [0.25, 0.3) is 0 Å². The zero-order valence-electron chi connectivity index (χ0n) is 7.60. The molecule has 0 unspecified atom stereocenters. The van der Waals surface area contributed by atoms with Gasteiger partial charge < -0.3 is 11.1 Å². The molecule has 0 heterocycles. The van der Waals surface area contributed by atoms with Gasteiger partial charge in [-0.3, -0.25) is 0 Å². The summed E-state index contributed by atoms with van der Waals surface area (Å²) in [5.74, 6) is 0. The summed E-state index contributed by atoms with van der Waals surface area (Å²) in [4.78, 5) is 0. The van der Waals surface area contributed by atoms with Crippen LogP contribution >= 0.6 is 11.6 Å². The van der Waals surface area contributed by atoms with Crippen molar-refractivity contribution in [2.45, 2.75) is 25.8 Å². The van der Waals surface area contributed by atoms with Crippen LogP contribution in [-0.4, -0.2) is 6.04 Å². The van der Waals surface area contributed by atoms with Crippen molar-refractivity contribution < 1.29 is 0 Å². The summed E-state index contributed by atoms with van der Waals surface area (Å²) in [6, 6.07) is 4.47. The second kappa shape index (κ2) is 3.11. The van der Waals surface area contributed by atoms with Gasteiger partial charge in [0.25, 0.3) is 0 Å². The number of hydrogen-bond acceptors (Lipinski definition) is 2. The Labute approximate surface area is 83.1 Å². The fraction of sp³-hybridized carbons (Fsp3) is 0.400. The Kier molecular flexibility index (Phi) is 2.08. The lowest BCUT2D eigenvalue weighted by atomic mass is 10.2. The minimum atomic E-state index is 0.633. The SMILES string of the molecule is Cc1cc(N)c(Cl)cc1NC1CC1.